The molecule has 0 atom stereocenters. The predicted octanol–water partition coefficient (Wildman–Crippen LogP) is 1.67. The first-order valence-corrected chi connectivity index (χ1v) is 5.45. The molecule has 2 aromatic rings. The van der Waals surface area contributed by atoms with Crippen molar-refractivity contribution in [3.8, 4) is 6.07 Å². The van der Waals surface area contributed by atoms with Gasteiger partial charge in [0.05, 0.1) is 24.4 Å². The fraction of sp³-hybridized carbons (Fsp3) is 0.154. The second-order valence-corrected chi connectivity index (χ2v) is 3.96. The van der Waals surface area contributed by atoms with Crippen LogP contribution in [0.3, 0.4) is 0 Å². The third-order valence-electron chi connectivity index (χ3n) is 2.59. The molecule has 2 rings (SSSR count). The largest absolute Gasteiger partial charge is 0.369 e. The Morgan fingerprint density at radius 2 is 1.95 bits per heavy atom. The van der Waals surface area contributed by atoms with E-state index in [4.69, 9.17) is 11.0 Å². The van der Waals surface area contributed by atoms with Crippen LogP contribution >= 0.6 is 24.8 Å². The van der Waals surface area contributed by atoms with Crippen molar-refractivity contribution < 1.29 is 4.79 Å². The van der Waals surface area contributed by atoms with E-state index in [0.29, 0.717) is 12.1 Å². The summed E-state index contributed by atoms with van der Waals surface area (Å²) in [7, 11) is 0. The molecule has 2 N–H and O–H groups in total. The first-order valence-electron chi connectivity index (χ1n) is 5.45. The van der Waals surface area contributed by atoms with E-state index in [-0.39, 0.29) is 37.1 Å². The van der Waals surface area contributed by atoms with Crippen LogP contribution in [-0.4, -0.2) is 15.5 Å². The van der Waals surface area contributed by atoms with E-state index in [1.54, 1.807) is 24.7 Å². The molecule has 0 unspecified atom stereocenters. The van der Waals surface area contributed by atoms with Gasteiger partial charge in [-0.1, -0.05) is 12.1 Å². The van der Waals surface area contributed by atoms with Crippen LogP contribution in [0.4, 0.5) is 0 Å². The molecule has 0 aliphatic rings. The van der Waals surface area contributed by atoms with Gasteiger partial charge in [-0.3, -0.25) is 4.79 Å². The van der Waals surface area contributed by atoms with Crippen LogP contribution in [0.2, 0.25) is 0 Å². The number of nitrogens with zero attached hydrogens (tertiary/aromatic N) is 3. The monoisotopic (exact) mass is 312 g/mol. The minimum Gasteiger partial charge on any atom is -0.369 e. The van der Waals surface area contributed by atoms with Crippen molar-refractivity contribution in [2.24, 2.45) is 5.73 Å². The molecule has 0 radical (unpaired) electrons. The third kappa shape index (κ3) is 4.57. The molecule has 0 saturated heterocycles. The molecule has 0 bridgehead atoms. The van der Waals surface area contributed by atoms with Gasteiger partial charge in [-0.15, -0.1) is 24.8 Å². The molecule has 106 valence electrons. The zero-order valence-electron chi connectivity index (χ0n) is 10.5. The highest BCUT2D eigenvalue weighted by atomic mass is 35.5. The molecule has 1 heterocycles. The van der Waals surface area contributed by atoms with E-state index < -0.39 is 0 Å². The van der Waals surface area contributed by atoms with Gasteiger partial charge in [0.2, 0.25) is 5.91 Å². The summed E-state index contributed by atoms with van der Waals surface area (Å²) < 4.78 is 1.87. The van der Waals surface area contributed by atoms with Crippen molar-refractivity contribution in [2.45, 2.75) is 13.0 Å². The molecule has 0 aliphatic heterocycles. The normalized spacial score (nSPS) is 8.95. The lowest BCUT2D eigenvalue weighted by molar-refractivity contribution is -0.117. The number of halogens is 2. The molecule has 1 aromatic carbocycles. The number of primary amides is 1. The molecular weight excluding hydrogens is 299 g/mol. The van der Waals surface area contributed by atoms with Crippen molar-refractivity contribution in [3.05, 3.63) is 53.6 Å². The lowest BCUT2D eigenvalue weighted by Crippen LogP contribution is -2.16. The van der Waals surface area contributed by atoms with Crippen LogP contribution < -0.4 is 5.73 Å². The summed E-state index contributed by atoms with van der Waals surface area (Å²) in [5, 5.41) is 8.71. The molecule has 1 amide bonds. The van der Waals surface area contributed by atoms with Crippen LogP contribution in [0.1, 0.15) is 16.8 Å². The number of carbonyl (C=O) groups excluding carboxylic acids is 1. The van der Waals surface area contributed by atoms with E-state index in [9.17, 15) is 4.79 Å². The summed E-state index contributed by atoms with van der Waals surface area (Å²) in [6.45, 7) is 0.605. The molecule has 0 fully saturated rings. The van der Waals surface area contributed by atoms with Crippen molar-refractivity contribution in [3.63, 3.8) is 0 Å². The molecule has 5 nitrogen and oxygen atoms in total. The smallest absolute Gasteiger partial charge is 0.223 e. The van der Waals surface area contributed by atoms with Gasteiger partial charge in [0.15, 0.2) is 0 Å². The van der Waals surface area contributed by atoms with Crippen LogP contribution in [0.15, 0.2) is 36.8 Å². The fourth-order valence-corrected chi connectivity index (χ4v) is 1.70. The number of aromatic nitrogens is 2. The molecule has 0 spiro atoms. The summed E-state index contributed by atoms with van der Waals surface area (Å²) >= 11 is 0. The van der Waals surface area contributed by atoms with Crippen LogP contribution in [0.5, 0.6) is 0 Å². The number of hydrogen-bond donors (Lipinski definition) is 1. The first kappa shape index (κ1) is 18.0. The van der Waals surface area contributed by atoms with Crippen molar-refractivity contribution in [1.82, 2.24) is 9.55 Å². The molecule has 0 aliphatic carbocycles. The second-order valence-electron chi connectivity index (χ2n) is 3.96. The SMILES string of the molecule is Cl.Cl.N#Cc1ccc(Cn2cncc2CC(N)=O)cc1. The zero-order chi connectivity index (χ0) is 13.0. The van der Waals surface area contributed by atoms with Gasteiger partial charge in [-0.2, -0.15) is 5.26 Å². The summed E-state index contributed by atoms with van der Waals surface area (Å²) in [5.74, 6) is -0.378. The quantitative estimate of drug-likeness (QED) is 0.932. The van der Waals surface area contributed by atoms with E-state index in [0.717, 1.165) is 11.3 Å². The highest BCUT2D eigenvalue weighted by molar-refractivity contribution is 5.85. The van der Waals surface area contributed by atoms with Gasteiger partial charge in [-0.25, -0.2) is 4.98 Å². The molecule has 7 heteroatoms. The highest BCUT2D eigenvalue weighted by Crippen LogP contribution is 2.08. The lowest BCUT2D eigenvalue weighted by atomic mass is 10.1. The van der Waals surface area contributed by atoms with E-state index in [2.05, 4.69) is 11.1 Å². The second kappa shape index (κ2) is 8.20. The number of nitrogens with two attached hydrogens (primary N) is 1. The van der Waals surface area contributed by atoms with Crippen molar-refractivity contribution in [2.75, 3.05) is 0 Å². The van der Waals surface area contributed by atoms with Crippen molar-refractivity contribution in [1.29, 1.82) is 5.26 Å². The zero-order valence-corrected chi connectivity index (χ0v) is 12.2. The maximum absolute atomic E-state index is 10.9. The van der Waals surface area contributed by atoms with Gasteiger partial charge < -0.3 is 10.3 Å². The average Bonchev–Trinajstić information content (AvgIpc) is 2.77. The summed E-state index contributed by atoms with van der Waals surface area (Å²) in [4.78, 5) is 14.9. The number of rotatable bonds is 4. The summed E-state index contributed by atoms with van der Waals surface area (Å²) in [6.07, 6.45) is 3.47. The fourth-order valence-electron chi connectivity index (χ4n) is 1.70. The number of hydrogen-bond acceptors (Lipinski definition) is 3. The Morgan fingerprint density at radius 1 is 1.30 bits per heavy atom. The minimum atomic E-state index is -0.378. The maximum atomic E-state index is 10.9. The average molecular weight is 313 g/mol. The third-order valence-corrected chi connectivity index (χ3v) is 2.59. The predicted molar refractivity (Wildman–Crippen MR) is 79.9 cm³/mol. The Bertz CT molecular complexity index is 602. The van der Waals surface area contributed by atoms with E-state index >= 15 is 0 Å². The number of benzene rings is 1. The topological polar surface area (TPSA) is 84.7 Å². The molecule has 1 aromatic heterocycles. The number of amides is 1. The number of carbonyl (C=O) groups is 1. The van der Waals surface area contributed by atoms with E-state index in [1.165, 1.54) is 0 Å². The van der Waals surface area contributed by atoms with Gasteiger partial charge in [0.25, 0.3) is 0 Å². The first-order chi connectivity index (χ1) is 8.69. The Labute approximate surface area is 129 Å². The lowest BCUT2D eigenvalue weighted by Gasteiger charge is -2.07. The van der Waals surface area contributed by atoms with Gasteiger partial charge in [0.1, 0.15) is 0 Å². The standard InChI is InChI=1S/C13H12N4O.2ClH/c14-6-10-1-3-11(4-2-10)8-17-9-16-7-12(17)5-13(15)18;;/h1-4,7,9H,5,8H2,(H2,15,18);2*1H. The Hall–Kier alpha value is -2.03. The van der Waals surface area contributed by atoms with Gasteiger partial charge in [-0.05, 0) is 17.7 Å². The van der Waals surface area contributed by atoms with E-state index in [1.807, 2.05) is 16.7 Å². The Balaban J connectivity index is 0.00000180. The molecular formula is C13H14Cl2N4O. The molecule has 20 heavy (non-hydrogen) atoms. The minimum absolute atomic E-state index is 0. The van der Waals surface area contributed by atoms with Crippen LogP contribution in [0, 0.1) is 11.3 Å². The summed E-state index contributed by atoms with van der Waals surface area (Å²) in [5.41, 5.74) is 7.62. The highest BCUT2D eigenvalue weighted by Gasteiger charge is 2.05. The Kier molecular flexibility index (Phi) is 7.37. The van der Waals surface area contributed by atoms with Gasteiger partial charge in [0, 0.05) is 18.4 Å². The molecule has 0 saturated carbocycles. The van der Waals surface area contributed by atoms with Crippen molar-refractivity contribution >= 4 is 30.7 Å². The van der Waals surface area contributed by atoms with Crippen LogP contribution in [-0.2, 0) is 17.8 Å². The Morgan fingerprint density at radius 3 is 2.50 bits per heavy atom. The van der Waals surface area contributed by atoms with Gasteiger partial charge >= 0.3 is 0 Å². The van der Waals surface area contributed by atoms with Crippen LogP contribution in [0.25, 0.3) is 0 Å². The number of imidazole rings is 1. The maximum Gasteiger partial charge on any atom is 0.223 e. The number of nitriles is 1. The summed E-state index contributed by atoms with van der Waals surface area (Å²) in [6, 6.07) is 9.36.